The highest BCUT2D eigenvalue weighted by Crippen LogP contribution is 2.27. The predicted octanol–water partition coefficient (Wildman–Crippen LogP) is 4.00. The highest BCUT2D eigenvalue weighted by atomic mass is 32.2. The Hall–Kier alpha value is -1.81. The molecular weight excluding hydrogens is 268 g/mol. The Bertz CT molecular complexity index is 707. The van der Waals surface area contributed by atoms with Gasteiger partial charge in [0.05, 0.1) is 0 Å². The molecule has 20 heavy (non-hydrogen) atoms. The van der Waals surface area contributed by atoms with Crippen molar-refractivity contribution in [3.63, 3.8) is 0 Å². The van der Waals surface area contributed by atoms with Gasteiger partial charge in [-0.2, -0.15) is 0 Å². The fourth-order valence-electron chi connectivity index (χ4n) is 1.97. The minimum atomic E-state index is -0.0381. The van der Waals surface area contributed by atoms with E-state index in [-0.39, 0.29) is 5.91 Å². The zero-order chi connectivity index (χ0) is 14.1. The summed E-state index contributed by atoms with van der Waals surface area (Å²) >= 11 is 1.84. The summed E-state index contributed by atoms with van der Waals surface area (Å²) in [6.45, 7) is 4.36. The van der Waals surface area contributed by atoms with Gasteiger partial charge in [-0.25, -0.2) is 4.98 Å². The molecule has 0 aliphatic heterocycles. The summed E-state index contributed by atoms with van der Waals surface area (Å²) in [6.07, 6.45) is 4.53. The van der Waals surface area contributed by atoms with Crippen LogP contribution < -0.4 is 5.32 Å². The number of pyridine rings is 1. The molecule has 0 radical (unpaired) electrons. The van der Waals surface area contributed by atoms with Crippen LogP contribution in [0.15, 0.2) is 47.0 Å². The molecule has 0 spiro atoms. The number of anilines is 1. The first-order valence-corrected chi connectivity index (χ1v) is 7.56. The van der Waals surface area contributed by atoms with E-state index in [2.05, 4.69) is 42.3 Å². The molecule has 1 aromatic carbocycles. The summed E-state index contributed by atoms with van der Waals surface area (Å²) in [5.74, 6) is 0.573. The summed E-state index contributed by atoms with van der Waals surface area (Å²) in [5, 5.41) is 5.57. The summed E-state index contributed by atoms with van der Waals surface area (Å²) in [6, 6.07) is 8.25. The first-order chi connectivity index (χ1) is 9.61. The third kappa shape index (κ3) is 3.02. The first kappa shape index (κ1) is 13.2. The second-order valence-electron chi connectivity index (χ2n) is 5.13. The van der Waals surface area contributed by atoms with Crippen LogP contribution in [0.2, 0.25) is 0 Å². The van der Waals surface area contributed by atoms with Crippen molar-refractivity contribution in [1.29, 1.82) is 0 Å². The van der Waals surface area contributed by atoms with Gasteiger partial charge in [-0.15, -0.1) is 11.8 Å². The number of benzene rings is 1. The number of thioether (sulfide) groups is 1. The summed E-state index contributed by atoms with van der Waals surface area (Å²) in [7, 11) is 0. The Balaban J connectivity index is 1.84. The molecule has 0 fully saturated rings. The largest absolute Gasteiger partial charge is 0.307 e. The molecule has 102 valence electrons. The Labute approximate surface area is 122 Å². The van der Waals surface area contributed by atoms with Crippen molar-refractivity contribution in [3.8, 4) is 0 Å². The number of amides is 1. The number of hydrogen-bond donors (Lipinski definition) is 1. The van der Waals surface area contributed by atoms with Crippen molar-refractivity contribution >= 4 is 34.3 Å². The third-order valence-corrected chi connectivity index (χ3v) is 4.00. The number of nitrogens with one attached hydrogen (secondary N) is 1. The molecule has 0 unspecified atom stereocenters. The van der Waals surface area contributed by atoms with Gasteiger partial charge in [0.25, 0.3) is 5.91 Å². The SMILES string of the molecule is CC(C)Sc1ccc2cc(NC(=O)C3=CC3)ncc2c1. The van der Waals surface area contributed by atoms with Crippen LogP contribution in [0, 0.1) is 0 Å². The lowest BCUT2D eigenvalue weighted by Gasteiger charge is -2.07. The molecule has 3 nitrogen and oxygen atoms in total. The minimum Gasteiger partial charge on any atom is -0.307 e. The fraction of sp³-hybridized carbons (Fsp3) is 0.250. The monoisotopic (exact) mass is 284 g/mol. The van der Waals surface area contributed by atoms with E-state index in [9.17, 15) is 4.79 Å². The first-order valence-electron chi connectivity index (χ1n) is 6.68. The number of allylic oxidation sites excluding steroid dienone is 1. The van der Waals surface area contributed by atoms with Crippen molar-refractivity contribution < 1.29 is 4.79 Å². The van der Waals surface area contributed by atoms with Gasteiger partial charge in [0, 0.05) is 27.3 Å². The Kier molecular flexibility index (Phi) is 3.49. The lowest BCUT2D eigenvalue weighted by atomic mass is 10.2. The van der Waals surface area contributed by atoms with E-state index in [1.54, 1.807) is 0 Å². The number of nitrogens with zero attached hydrogens (tertiary/aromatic N) is 1. The lowest BCUT2D eigenvalue weighted by molar-refractivity contribution is -0.112. The van der Waals surface area contributed by atoms with Gasteiger partial charge in [-0.3, -0.25) is 4.79 Å². The average molecular weight is 284 g/mol. The smallest absolute Gasteiger partial charge is 0.252 e. The quantitative estimate of drug-likeness (QED) is 0.863. The van der Waals surface area contributed by atoms with Crippen LogP contribution in [0.1, 0.15) is 20.3 Å². The van der Waals surface area contributed by atoms with Gasteiger partial charge < -0.3 is 5.32 Å². The van der Waals surface area contributed by atoms with E-state index in [4.69, 9.17) is 0 Å². The van der Waals surface area contributed by atoms with Gasteiger partial charge >= 0.3 is 0 Å². The second-order valence-corrected chi connectivity index (χ2v) is 6.78. The molecule has 0 saturated heterocycles. The Morgan fingerprint density at radius 3 is 2.80 bits per heavy atom. The standard InChI is InChI=1S/C16H16N2OS/c1-10(2)20-14-6-5-12-8-15(17-9-13(12)7-14)18-16(19)11-3-4-11/h3,5-10H,4H2,1-2H3,(H,17,18,19). The van der Waals surface area contributed by atoms with E-state index in [1.165, 1.54) is 4.90 Å². The molecule has 1 N–H and O–H groups in total. The molecule has 1 heterocycles. The number of rotatable bonds is 4. The van der Waals surface area contributed by atoms with Crippen molar-refractivity contribution in [2.75, 3.05) is 5.32 Å². The van der Waals surface area contributed by atoms with Crippen LogP contribution >= 0.6 is 11.8 Å². The van der Waals surface area contributed by atoms with Crippen LogP contribution in [0.25, 0.3) is 10.8 Å². The molecule has 0 bridgehead atoms. The van der Waals surface area contributed by atoms with Crippen molar-refractivity contribution in [2.45, 2.75) is 30.4 Å². The van der Waals surface area contributed by atoms with Crippen molar-refractivity contribution in [2.24, 2.45) is 0 Å². The maximum Gasteiger partial charge on any atom is 0.252 e. The molecule has 4 heteroatoms. The molecule has 0 atom stereocenters. The fourth-order valence-corrected chi connectivity index (χ4v) is 2.85. The normalized spacial score (nSPS) is 13.4. The maximum atomic E-state index is 11.7. The van der Waals surface area contributed by atoms with Crippen molar-refractivity contribution in [1.82, 2.24) is 4.98 Å². The van der Waals surface area contributed by atoms with Gasteiger partial charge in [0.15, 0.2) is 0 Å². The topological polar surface area (TPSA) is 42.0 Å². The van der Waals surface area contributed by atoms with Crippen LogP contribution in [-0.2, 0) is 4.79 Å². The van der Waals surface area contributed by atoms with Crippen LogP contribution in [0.3, 0.4) is 0 Å². The van der Waals surface area contributed by atoms with E-state index >= 15 is 0 Å². The summed E-state index contributed by atoms with van der Waals surface area (Å²) in [4.78, 5) is 17.2. The second kappa shape index (κ2) is 5.29. The van der Waals surface area contributed by atoms with Gasteiger partial charge in [0.1, 0.15) is 5.82 Å². The Morgan fingerprint density at radius 1 is 1.30 bits per heavy atom. The molecule has 1 aliphatic rings. The number of aromatic nitrogens is 1. The average Bonchev–Trinajstić information content (AvgIpc) is 3.22. The van der Waals surface area contributed by atoms with Crippen LogP contribution in [-0.4, -0.2) is 16.1 Å². The minimum absolute atomic E-state index is 0.0381. The highest BCUT2D eigenvalue weighted by molar-refractivity contribution is 7.99. The van der Waals surface area contributed by atoms with E-state index < -0.39 is 0 Å². The zero-order valence-electron chi connectivity index (χ0n) is 11.5. The number of carbonyl (C=O) groups is 1. The molecule has 3 rings (SSSR count). The highest BCUT2D eigenvalue weighted by Gasteiger charge is 2.17. The Morgan fingerprint density at radius 2 is 2.10 bits per heavy atom. The van der Waals surface area contributed by atoms with Gasteiger partial charge in [-0.1, -0.05) is 26.0 Å². The van der Waals surface area contributed by atoms with Crippen LogP contribution in [0.4, 0.5) is 5.82 Å². The number of hydrogen-bond acceptors (Lipinski definition) is 3. The number of carbonyl (C=O) groups excluding carboxylic acids is 1. The maximum absolute atomic E-state index is 11.7. The predicted molar refractivity (Wildman–Crippen MR) is 84.1 cm³/mol. The summed E-state index contributed by atoms with van der Waals surface area (Å²) in [5.41, 5.74) is 0.843. The van der Waals surface area contributed by atoms with Crippen LogP contribution in [0.5, 0.6) is 0 Å². The molecule has 1 aliphatic carbocycles. The summed E-state index contributed by atoms with van der Waals surface area (Å²) < 4.78 is 0. The zero-order valence-corrected chi connectivity index (χ0v) is 12.3. The van der Waals surface area contributed by atoms with Crippen molar-refractivity contribution in [3.05, 3.63) is 42.1 Å². The van der Waals surface area contributed by atoms with E-state index in [0.29, 0.717) is 11.1 Å². The molecule has 1 aromatic heterocycles. The molecule has 2 aromatic rings. The third-order valence-electron chi connectivity index (χ3n) is 3.01. The molecular formula is C16H16N2OS. The van der Waals surface area contributed by atoms with E-state index in [1.807, 2.05) is 30.1 Å². The number of fused-ring (bicyclic) bond motifs is 1. The molecule has 1 amide bonds. The molecule has 0 saturated carbocycles. The van der Waals surface area contributed by atoms with Gasteiger partial charge in [-0.05, 0) is 30.0 Å². The lowest BCUT2D eigenvalue weighted by Crippen LogP contribution is -2.10. The van der Waals surface area contributed by atoms with Gasteiger partial charge in [0.2, 0.25) is 0 Å². The van der Waals surface area contributed by atoms with E-state index in [0.717, 1.165) is 22.8 Å².